The topological polar surface area (TPSA) is 41.3 Å². The molecule has 2 rings (SSSR count). The summed E-state index contributed by atoms with van der Waals surface area (Å²) in [5, 5.41) is 7.34. The second-order valence-corrected chi connectivity index (χ2v) is 7.19. The van der Waals surface area contributed by atoms with E-state index in [4.69, 9.17) is 4.52 Å². The van der Waals surface area contributed by atoms with Crippen molar-refractivity contribution < 1.29 is 4.52 Å². The zero-order valence-corrected chi connectivity index (χ0v) is 12.3. The molecule has 0 unspecified atom stereocenters. The molecule has 5 heteroatoms. The van der Waals surface area contributed by atoms with Crippen LogP contribution < -0.4 is 5.32 Å². The third kappa shape index (κ3) is 4.00. The lowest BCUT2D eigenvalue weighted by Gasteiger charge is -2.36. The molecular weight excluding hydrogens is 246 g/mol. The summed E-state index contributed by atoms with van der Waals surface area (Å²) in [5.74, 6) is 2.18. The van der Waals surface area contributed by atoms with Gasteiger partial charge in [-0.25, -0.2) is 0 Å². The number of rotatable bonds is 5. The van der Waals surface area contributed by atoms with Crippen molar-refractivity contribution in [1.29, 1.82) is 0 Å². The maximum Gasteiger partial charge on any atom is 0.151 e. The molecule has 1 aromatic heterocycles. The molecule has 0 spiro atoms. The largest absolute Gasteiger partial charge is 0.360 e. The molecule has 0 amide bonds. The lowest BCUT2D eigenvalue weighted by molar-refractivity contribution is 0.221. The molecule has 1 aromatic rings. The molecule has 0 aromatic carbocycles. The fourth-order valence-electron chi connectivity index (χ4n) is 2.24. The van der Waals surface area contributed by atoms with Gasteiger partial charge in [-0.2, -0.15) is 11.8 Å². The molecule has 0 aliphatic carbocycles. The highest BCUT2D eigenvalue weighted by Gasteiger charge is 2.27. The fourth-order valence-corrected chi connectivity index (χ4v) is 3.41. The van der Waals surface area contributed by atoms with Gasteiger partial charge < -0.3 is 9.84 Å². The third-order valence-electron chi connectivity index (χ3n) is 3.05. The SMILES string of the molecule is CCNCc1cc(CN2CCSC(C)(C)C2)on1. The second kappa shape index (κ2) is 6.08. The summed E-state index contributed by atoms with van der Waals surface area (Å²) in [6.45, 7) is 11.6. The van der Waals surface area contributed by atoms with E-state index >= 15 is 0 Å². The Labute approximate surface area is 113 Å². The Morgan fingerprint density at radius 2 is 2.39 bits per heavy atom. The zero-order chi connectivity index (χ0) is 13.0. The Balaban J connectivity index is 1.87. The smallest absolute Gasteiger partial charge is 0.151 e. The lowest BCUT2D eigenvalue weighted by atomic mass is 10.2. The van der Waals surface area contributed by atoms with Crippen LogP contribution in [0.4, 0.5) is 0 Å². The molecule has 0 saturated carbocycles. The fraction of sp³-hybridized carbons (Fsp3) is 0.769. The van der Waals surface area contributed by atoms with Gasteiger partial charge in [0.05, 0.1) is 12.2 Å². The second-order valence-electron chi connectivity index (χ2n) is 5.38. The van der Waals surface area contributed by atoms with Gasteiger partial charge in [0.15, 0.2) is 5.76 Å². The third-order valence-corrected chi connectivity index (χ3v) is 4.35. The first kappa shape index (κ1) is 13.9. The Morgan fingerprint density at radius 1 is 1.56 bits per heavy atom. The zero-order valence-electron chi connectivity index (χ0n) is 11.5. The minimum atomic E-state index is 0.352. The maximum atomic E-state index is 5.39. The van der Waals surface area contributed by atoms with Crippen molar-refractivity contribution in [3.8, 4) is 0 Å². The quantitative estimate of drug-likeness (QED) is 0.886. The minimum Gasteiger partial charge on any atom is -0.360 e. The number of hydrogen-bond acceptors (Lipinski definition) is 5. The van der Waals surface area contributed by atoms with E-state index < -0.39 is 0 Å². The molecule has 2 heterocycles. The summed E-state index contributed by atoms with van der Waals surface area (Å²) in [7, 11) is 0. The highest BCUT2D eigenvalue weighted by atomic mass is 32.2. The Hall–Kier alpha value is -0.520. The van der Waals surface area contributed by atoms with Crippen LogP contribution in [0.15, 0.2) is 10.6 Å². The summed E-state index contributed by atoms with van der Waals surface area (Å²) in [5.41, 5.74) is 0.998. The molecule has 18 heavy (non-hydrogen) atoms. The van der Waals surface area contributed by atoms with Crippen LogP contribution in [0, 0.1) is 0 Å². The molecule has 102 valence electrons. The average molecular weight is 269 g/mol. The minimum absolute atomic E-state index is 0.352. The molecule has 0 radical (unpaired) electrons. The van der Waals surface area contributed by atoms with Gasteiger partial charge in [-0.05, 0) is 20.4 Å². The van der Waals surface area contributed by atoms with Crippen molar-refractivity contribution in [1.82, 2.24) is 15.4 Å². The number of aromatic nitrogens is 1. The van der Waals surface area contributed by atoms with Gasteiger partial charge in [-0.15, -0.1) is 0 Å². The first-order chi connectivity index (χ1) is 8.59. The number of nitrogens with one attached hydrogen (secondary N) is 1. The van der Waals surface area contributed by atoms with Crippen molar-refractivity contribution in [3.05, 3.63) is 17.5 Å². The van der Waals surface area contributed by atoms with Gasteiger partial charge >= 0.3 is 0 Å². The lowest BCUT2D eigenvalue weighted by Crippen LogP contribution is -2.42. The summed E-state index contributed by atoms with van der Waals surface area (Å²) >= 11 is 2.05. The Bertz CT molecular complexity index is 378. The van der Waals surface area contributed by atoms with Crippen LogP contribution >= 0.6 is 11.8 Å². The molecule has 1 saturated heterocycles. The maximum absolute atomic E-state index is 5.39. The standard InChI is InChI=1S/C13H23N3OS/c1-4-14-8-11-7-12(17-15-11)9-16-5-6-18-13(2,3)10-16/h7,14H,4-6,8-10H2,1-3H3. The molecule has 0 bridgehead atoms. The monoisotopic (exact) mass is 269 g/mol. The van der Waals surface area contributed by atoms with Crippen molar-refractivity contribution in [2.75, 3.05) is 25.4 Å². The normalized spacial score (nSPS) is 20.2. The highest BCUT2D eigenvalue weighted by molar-refractivity contribution is 8.00. The number of thioether (sulfide) groups is 1. The van der Waals surface area contributed by atoms with E-state index in [0.717, 1.165) is 44.2 Å². The Morgan fingerprint density at radius 3 is 3.11 bits per heavy atom. The number of nitrogens with zero attached hydrogens (tertiary/aromatic N) is 2. The van der Waals surface area contributed by atoms with Crippen LogP contribution in [-0.2, 0) is 13.1 Å². The van der Waals surface area contributed by atoms with Gasteiger partial charge in [0.25, 0.3) is 0 Å². The number of hydrogen-bond donors (Lipinski definition) is 1. The van der Waals surface area contributed by atoms with Crippen molar-refractivity contribution in [2.24, 2.45) is 0 Å². The van der Waals surface area contributed by atoms with Crippen molar-refractivity contribution in [2.45, 2.75) is 38.6 Å². The molecule has 1 N–H and O–H groups in total. The van der Waals surface area contributed by atoms with Gasteiger partial charge in [0.1, 0.15) is 0 Å². The molecule has 1 aliphatic heterocycles. The van der Waals surface area contributed by atoms with Crippen LogP contribution in [0.25, 0.3) is 0 Å². The van der Waals surface area contributed by atoms with Crippen molar-refractivity contribution in [3.63, 3.8) is 0 Å². The summed E-state index contributed by atoms with van der Waals surface area (Å²) < 4.78 is 5.75. The molecule has 4 nitrogen and oxygen atoms in total. The molecule has 0 atom stereocenters. The van der Waals surface area contributed by atoms with Crippen LogP contribution in [0.3, 0.4) is 0 Å². The first-order valence-corrected chi connectivity index (χ1v) is 7.59. The summed E-state index contributed by atoms with van der Waals surface area (Å²) in [6, 6.07) is 2.07. The van der Waals surface area contributed by atoms with Gasteiger partial charge in [0.2, 0.25) is 0 Å². The highest BCUT2D eigenvalue weighted by Crippen LogP contribution is 2.30. The predicted octanol–water partition coefficient (Wildman–Crippen LogP) is 2.11. The first-order valence-electron chi connectivity index (χ1n) is 6.60. The van der Waals surface area contributed by atoms with E-state index in [2.05, 4.69) is 54.0 Å². The van der Waals surface area contributed by atoms with E-state index in [1.54, 1.807) is 0 Å². The van der Waals surface area contributed by atoms with Gasteiger partial charge in [-0.1, -0.05) is 12.1 Å². The van der Waals surface area contributed by atoms with E-state index in [9.17, 15) is 0 Å². The summed E-state index contributed by atoms with van der Waals surface area (Å²) in [6.07, 6.45) is 0. The summed E-state index contributed by atoms with van der Waals surface area (Å²) in [4.78, 5) is 2.45. The van der Waals surface area contributed by atoms with E-state index in [1.165, 1.54) is 5.75 Å². The van der Waals surface area contributed by atoms with E-state index in [-0.39, 0.29) is 0 Å². The van der Waals surface area contributed by atoms with Crippen LogP contribution in [0.2, 0.25) is 0 Å². The van der Waals surface area contributed by atoms with Crippen LogP contribution in [0.1, 0.15) is 32.2 Å². The molecule has 1 fully saturated rings. The van der Waals surface area contributed by atoms with E-state index in [0.29, 0.717) is 4.75 Å². The van der Waals surface area contributed by atoms with E-state index in [1.807, 2.05) is 0 Å². The Kier molecular flexibility index (Phi) is 4.70. The van der Waals surface area contributed by atoms with Crippen LogP contribution in [0.5, 0.6) is 0 Å². The van der Waals surface area contributed by atoms with Crippen molar-refractivity contribution >= 4 is 11.8 Å². The predicted molar refractivity (Wildman–Crippen MR) is 75.7 cm³/mol. The average Bonchev–Trinajstić information content (AvgIpc) is 2.73. The molecule has 1 aliphatic rings. The molecular formula is C13H23N3OS. The van der Waals surface area contributed by atoms with Gasteiger partial charge in [0, 0.05) is 36.2 Å². The van der Waals surface area contributed by atoms with Gasteiger partial charge in [-0.3, -0.25) is 4.90 Å². The van der Waals surface area contributed by atoms with Crippen LogP contribution in [-0.4, -0.2) is 40.2 Å².